The van der Waals surface area contributed by atoms with Gasteiger partial charge in [-0.3, -0.25) is 4.79 Å². The molecule has 0 bridgehead atoms. The molecule has 140 valence electrons. The molecule has 1 aliphatic rings. The van der Waals surface area contributed by atoms with Gasteiger partial charge >= 0.3 is 0 Å². The minimum atomic E-state index is -0.941. The number of aromatic nitrogens is 4. The lowest BCUT2D eigenvalue weighted by atomic mass is 9.85. The number of H-pyrrole nitrogens is 1. The number of hydrogen-bond donors (Lipinski definition) is 2. The number of halogens is 2. The van der Waals surface area contributed by atoms with Gasteiger partial charge in [0.25, 0.3) is 0 Å². The van der Waals surface area contributed by atoms with Crippen molar-refractivity contribution in [1.82, 2.24) is 19.7 Å². The predicted molar refractivity (Wildman–Crippen MR) is 99.4 cm³/mol. The summed E-state index contributed by atoms with van der Waals surface area (Å²) in [6.45, 7) is 1.78. The first-order chi connectivity index (χ1) is 13.5. The summed E-state index contributed by atoms with van der Waals surface area (Å²) in [4.78, 5) is 20.1. The molecule has 0 radical (unpaired) electrons. The molecule has 2 aromatic heterocycles. The number of nitrogens with zero attached hydrogens (tertiary/aromatic N) is 3. The van der Waals surface area contributed by atoms with Gasteiger partial charge in [0, 0.05) is 17.9 Å². The monoisotopic (exact) mass is 379 g/mol. The third-order valence-corrected chi connectivity index (χ3v) is 5.04. The first kappa shape index (κ1) is 16.6. The third kappa shape index (κ3) is 2.41. The Labute approximate surface area is 158 Å². The van der Waals surface area contributed by atoms with Crippen LogP contribution in [0.15, 0.2) is 42.5 Å². The third-order valence-electron chi connectivity index (χ3n) is 5.04. The van der Waals surface area contributed by atoms with Crippen LogP contribution in [0.4, 0.5) is 14.6 Å². The van der Waals surface area contributed by atoms with Crippen LogP contribution in [0.1, 0.15) is 29.2 Å². The average molecular weight is 379 g/mol. The van der Waals surface area contributed by atoms with Gasteiger partial charge in [-0.1, -0.05) is 24.3 Å². The number of para-hydroxylation sites is 2. The van der Waals surface area contributed by atoms with Crippen molar-refractivity contribution in [3.63, 3.8) is 0 Å². The number of aryl methyl sites for hydroxylation is 1. The van der Waals surface area contributed by atoms with E-state index in [-0.39, 0.29) is 17.9 Å². The Morgan fingerprint density at radius 1 is 1.14 bits per heavy atom. The van der Waals surface area contributed by atoms with E-state index in [9.17, 15) is 13.6 Å². The van der Waals surface area contributed by atoms with Crippen molar-refractivity contribution in [1.29, 1.82) is 0 Å². The number of anilines is 1. The number of hydrogen-bond acceptors (Lipinski definition) is 3. The molecule has 0 aliphatic carbocycles. The van der Waals surface area contributed by atoms with E-state index in [1.807, 2.05) is 24.3 Å². The normalized spacial score (nSPS) is 16.2. The lowest BCUT2D eigenvalue weighted by Gasteiger charge is -2.24. The maximum Gasteiger partial charge on any atom is 0.231 e. The Kier molecular flexibility index (Phi) is 3.55. The molecule has 28 heavy (non-hydrogen) atoms. The summed E-state index contributed by atoms with van der Waals surface area (Å²) in [7, 11) is 0. The number of imidazole rings is 1. The molecule has 1 unspecified atom stereocenters. The zero-order valence-corrected chi connectivity index (χ0v) is 14.8. The van der Waals surface area contributed by atoms with E-state index >= 15 is 0 Å². The molecule has 5 rings (SSSR count). The van der Waals surface area contributed by atoms with Crippen molar-refractivity contribution in [3.8, 4) is 5.95 Å². The highest BCUT2D eigenvalue weighted by molar-refractivity contribution is 5.95. The number of amides is 1. The van der Waals surface area contributed by atoms with Gasteiger partial charge in [0.1, 0.15) is 5.82 Å². The summed E-state index contributed by atoms with van der Waals surface area (Å²) in [6.07, 6.45) is 0.0139. The van der Waals surface area contributed by atoms with Crippen LogP contribution in [0.2, 0.25) is 0 Å². The van der Waals surface area contributed by atoms with Gasteiger partial charge in [0.15, 0.2) is 11.6 Å². The van der Waals surface area contributed by atoms with Crippen LogP contribution in [0.3, 0.4) is 0 Å². The van der Waals surface area contributed by atoms with Crippen molar-refractivity contribution in [2.24, 2.45) is 0 Å². The first-order valence-electron chi connectivity index (χ1n) is 8.81. The minimum absolute atomic E-state index is 0.0139. The topological polar surface area (TPSA) is 75.6 Å². The second-order valence-corrected chi connectivity index (χ2v) is 6.78. The second-order valence-electron chi connectivity index (χ2n) is 6.78. The smallest absolute Gasteiger partial charge is 0.231 e. The zero-order chi connectivity index (χ0) is 19.4. The Morgan fingerprint density at radius 2 is 1.96 bits per heavy atom. The first-order valence-corrected chi connectivity index (χ1v) is 8.81. The molecule has 8 heteroatoms. The van der Waals surface area contributed by atoms with Crippen LogP contribution in [0.5, 0.6) is 0 Å². The van der Waals surface area contributed by atoms with E-state index in [0.717, 1.165) is 17.1 Å². The summed E-state index contributed by atoms with van der Waals surface area (Å²) in [5.41, 5.74) is 3.00. The van der Waals surface area contributed by atoms with Gasteiger partial charge < -0.3 is 10.3 Å². The number of aromatic amines is 1. The molecule has 0 spiro atoms. The van der Waals surface area contributed by atoms with Crippen LogP contribution in [-0.2, 0) is 4.79 Å². The lowest BCUT2D eigenvalue weighted by Crippen LogP contribution is -2.25. The van der Waals surface area contributed by atoms with E-state index in [4.69, 9.17) is 0 Å². The number of rotatable bonds is 2. The molecule has 2 aromatic carbocycles. The molecule has 3 heterocycles. The fraction of sp³-hybridized carbons (Fsp3) is 0.150. The van der Waals surface area contributed by atoms with E-state index < -0.39 is 17.6 Å². The fourth-order valence-electron chi connectivity index (χ4n) is 3.80. The summed E-state index contributed by atoms with van der Waals surface area (Å²) in [6, 6.07) is 11.5. The number of benzene rings is 2. The summed E-state index contributed by atoms with van der Waals surface area (Å²) >= 11 is 0. The Balaban J connectivity index is 1.70. The molecule has 1 aliphatic heterocycles. The number of carbonyl (C=O) groups excluding carboxylic acids is 1. The van der Waals surface area contributed by atoms with Crippen LogP contribution in [0, 0.1) is 18.6 Å². The maximum atomic E-state index is 14.5. The molecule has 0 saturated carbocycles. The van der Waals surface area contributed by atoms with E-state index in [2.05, 4.69) is 20.4 Å². The SMILES string of the molecule is Cc1nn(-c2nc3ccccc3[nH]2)c2c1C(c1cccc(F)c1F)CC(=O)N2. The predicted octanol–water partition coefficient (Wildman–Crippen LogP) is 3.81. The summed E-state index contributed by atoms with van der Waals surface area (Å²) in [5, 5.41) is 7.32. The highest BCUT2D eigenvalue weighted by atomic mass is 19.2. The van der Waals surface area contributed by atoms with E-state index in [1.165, 1.54) is 16.8 Å². The van der Waals surface area contributed by atoms with Crippen molar-refractivity contribution >= 4 is 22.8 Å². The van der Waals surface area contributed by atoms with Crippen molar-refractivity contribution < 1.29 is 13.6 Å². The van der Waals surface area contributed by atoms with Gasteiger partial charge in [0.2, 0.25) is 11.9 Å². The highest BCUT2D eigenvalue weighted by Crippen LogP contribution is 2.41. The van der Waals surface area contributed by atoms with E-state index in [1.54, 1.807) is 6.92 Å². The average Bonchev–Trinajstić information content (AvgIpc) is 3.24. The van der Waals surface area contributed by atoms with Crippen molar-refractivity contribution in [2.45, 2.75) is 19.3 Å². The van der Waals surface area contributed by atoms with Crippen molar-refractivity contribution in [2.75, 3.05) is 5.32 Å². The standard InChI is InChI=1S/C20H15F2N5O/c1-10-17-12(11-5-4-6-13(21)18(11)22)9-16(28)25-19(17)27(26-10)20-23-14-7-2-3-8-15(14)24-20/h2-8,12H,9H2,1H3,(H,23,24)(H,25,28). The quantitative estimate of drug-likeness (QED) is 0.556. The number of fused-ring (bicyclic) bond motifs is 2. The van der Waals surface area contributed by atoms with E-state index in [0.29, 0.717) is 23.0 Å². The number of nitrogens with one attached hydrogen (secondary N) is 2. The number of carbonyl (C=O) groups is 1. The maximum absolute atomic E-state index is 14.5. The Bertz CT molecular complexity index is 1210. The van der Waals surface area contributed by atoms with Crippen molar-refractivity contribution in [3.05, 3.63) is 70.9 Å². The molecular weight excluding hydrogens is 364 g/mol. The second kappa shape index (κ2) is 5.98. The molecule has 1 amide bonds. The minimum Gasteiger partial charge on any atom is -0.322 e. The molecular formula is C20H15F2N5O. The van der Waals surface area contributed by atoms with Gasteiger partial charge in [-0.15, -0.1) is 0 Å². The van der Waals surface area contributed by atoms with Gasteiger partial charge in [0.05, 0.1) is 16.7 Å². The molecule has 0 saturated heterocycles. The fourth-order valence-corrected chi connectivity index (χ4v) is 3.80. The van der Waals surface area contributed by atoms with Gasteiger partial charge in [-0.05, 0) is 30.7 Å². The molecule has 4 aromatic rings. The molecule has 1 atom stereocenters. The van der Waals surface area contributed by atoms with Crippen LogP contribution >= 0.6 is 0 Å². The summed E-state index contributed by atoms with van der Waals surface area (Å²) in [5.74, 6) is -1.94. The van der Waals surface area contributed by atoms with Crippen LogP contribution < -0.4 is 5.32 Å². The highest BCUT2D eigenvalue weighted by Gasteiger charge is 2.35. The molecule has 2 N–H and O–H groups in total. The van der Waals surface area contributed by atoms with Gasteiger partial charge in [-0.25, -0.2) is 13.8 Å². The lowest BCUT2D eigenvalue weighted by molar-refractivity contribution is -0.116. The zero-order valence-electron chi connectivity index (χ0n) is 14.8. The van der Waals surface area contributed by atoms with Crippen LogP contribution in [0.25, 0.3) is 17.0 Å². The summed E-state index contributed by atoms with van der Waals surface area (Å²) < 4.78 is 29.7. The molecule has 6 nitrogen and oxygen atoms in total. The largest absolute Gasteiger partial charge is 0.322 e. The van der Waals surface area contributed by atoms with Crippen LogP contribution in [-0.4, -0.2) is 25.7 Å². The Morgan fingerprint density at radius 3 is 2.79 bits per heavy atom. The molecule has 0 fully saturated rings. The van der Waals surface area contributed by atoms with Gasteiger partial charge in [-0.2, -0.15) is 9.78 Å². The Hall–Kier alpha value is -3.55.